The molecule has 106 valence electrons. The monoisotopic (exact) mass is 288 g/mol. The molecule has 0 amide bonds. The normalized spacial score (nSPS) is 10.8. The first-order chi connectivity index (χ1) is 10.0. The van der Waals surface area contributed by atoms with Gasteiger partial charge in [-0.05, 0) is 36.8 Å². The molecular formula is C15H10F2N2O2. The lowest BCUT2D eigenvalue weighted by Gasteiger charge is -1.99. The number of phenolic OH excluding ortho intramolecular Hbond substituents is 1. The highest BCUT2D eigenvalue weighted by atomic mass is 19.1. The van der Waals surface area contributed by atoms with E-state index >= 15 is 0 Å². The maximum Gasteiger partial charge on any atom is 0.262 e. The van der Waals surface area contributed by atoms with Crippen LogP contribution in [0.1, 0.15) is 5.56 Å². The smallest absolute Gasteiger partial charge is 0.262 e. The highest BCUT2D eigenvalue weighted by Gasteiger charge is 2.15. The molecule has 0 unspecified atom stereocenters. The number of hydrogen-bond acceptors (Lipinski definition) is 4. The molecule has 0 atom stereocenters. The van der Waals surface area contributed by atoms with Crippen molar-refractivity contribution in [3.8, 4) is 28.6 Å². The fourth-order valence-electron chi connectivity index (χ4n) is 1.86. The fraction of sp³-hybridized carbons (Fsp3) is 0.0667. The van der Waals surface area contributed by atoms with Gasteiger partial charge in [0.2, 0.25) is 5.82 Å². The van der Waals surface area contributed by atoms with Crippen LogP contribution in [0.2, 0.25) is 0 Å². The summed E-state index contributed by atoms with van der Waals surface area (Å²) in [4.78, 5) is 4.05. The molecule has 3 rings (SSSR count). The topological polar surface area (TPSA) is 59.2 Å². The summed E-state index contributed by atoms with van der Waals surface area (Å²) < 4.78 is 31.7. The van der Waals surface area contributed by atoms with Gasteiger partial charge >= 0.3 is 0 Å². The molecule has 1 N–H and O–H groups in total. The Kier molecular flexibility index (Phi) is 3.13. The molecule has 0 saturated heterocycles. The number of aromatic nitrogens is 2. The largest absolute Gasteiger partial charge is 0.507 e. The van der Waals surface area contributed by atoms with E-state index in [4.69, 9.17) is 4.52 Å². The van der Waals surface area contributed by atoms with Gasteiger partial charge in [-0.1, -0.05) is 17.3 Å². The second kappa shape index (κ2) is 4.97. The second-order valence-corrected chi connectivity index (χ2v) is 4.55. The minimum absolute atomic E-state index is 0.0389. The molecule has 0 spiro atoms. The Morgan fingerprint density at radius 2 is 1.90 bits per heavy atom. The molecule has 3 aromatic rings. The first-order valence-corrected chi connectivity index (χ1v) is 6.14. The second-order valence-electron chi connectivity index (χ2n) is 4.55. The third-order valence-electron chi connectivity index (χ3n) is 3.05. The lowest BCUT2D eigenvalue weighted by atomic mass is 10.1. The highest BCUT2D eigenvalue weighted by Crippen LogP contribution is 2.30. The van der Waals surface area contributed by atoms with E-state index in [-0.39, 0.29) is 28.8 Å². The van der Waals surface area contributed by atoms with E-state index in [2.05, 4.69) is 10.1 Å². The van der Waals surface area contributed by atoms with Crippen molar-refractivity contribution in [1.82, 2.24) is 10.1 Å². The molecule has 0 aliphatic heterocycles. The minimum Gasteiger partial charge on any atom is -0.507 e. The van der Waals surface area contributed by atoms with Crippen molar-refractivity contribution in [2.24, 2.45) is 0 Å². The molecule has 0 saturated carbocycles. The zero-order chi connectivity index (χ0) is 15.0. The van der Waals surface area contributed by atoms with Gasteiger partial charge in [-0.15, -0.1) is 0 Å². The van der Waals surface area contributed by atoms with E-state index in [0.717, 1.165) is 12.1 Å². The predicted molar refractivity (Wildman–Crippen MR) is 71.5 cm³/mol. The summed E-state index contributed by atoms with van der Waals surface area (Å²) >= 11 is 0. The van der Waals surface area contributed by atoms with Crippen LogP contribution in [0.5, 0.6) is 5.75 Å². The molecule has 0 aliphatic carbocycles. The van der Waals surface area contributed by atoms with Gasteiger partial charge in [0.25, 0.3) is 5.89 Å². The van der Waals surface area contributed by atoms with Gasteiger partial charge in [-0.3, -0.25) is 0 Å². The van der Waals surface area contributed by atoms with Crippen molar-refractivity contribution < 1.29 is 18.4 Å². The SMILES string of the molecule is Cc1ccc(-c2noc(-c3cc(F)ccc3O)n2)cc1F. The van der Waals surface area contributed by atoms with Gasteiger partial charge in [0, 0.05) is 5.56 Å². The van der Waals surface area contributed by atoms with Crippen LogP contribution >= 0.6 is 0 Å². The quantitative estimate of drug-likeness (QED) is 0.781. The lowest BCUT2D eigenvalue weighted by Crippen LogP contribution is -1.86. The van der Waals surface area contributed by atoms with Crippen molar-refractivity contribution in [2.45, 2.75) is 6.92 Å². The number of hydrogen-bond donors (Lipinski definition) is 1. The lowest BCUT2D eigenvalue weighted by molar-refractivity contribution is 0.425. The number of halogens is 2. The predicted octanol–water partition coefficient (Wildman–Crippen LogP) is 3.70. The number of rotatable bonds is 2. The zero-order valence-corrected chi connectivity index (χ0v) is 11.0. The average molecular weight is 288 g/mol. The summed E-state index contributed by atoms with van der Waals surface area (Å²) in [6, 6.07) is 7.93. The van der Waals surface area contributed by atoms with Crippen LogP contribution in [0.15, 0.2) is 40.9 Å². The number of phenols is 1. The number of aromatic hydroxyl groups is 1. The average Bonchev–Trinajstić information content (AvgIpc) is 2.94. The van der Waals surface area contributed by atoms with Gasteiger partial charge in [0.15, 0.2) is 0 Å². The van der Waals surface area contributed by atoms with Crippen molar-refractivity contribution in [2.75, 3.05) is 0 Å². The summed E-state index contributed by atoms with van der Waals surface area (Å²) in [5.41, 5.74) is 1.02. The van der Waals surface area contributed by atoms with E-state index in [1.54, 1.807) is 19.1 Å². The summed E-state index contributed by atoms with van der Waals surface area (Å²) in [6.07, 6.45) is 0. The maximum absolute atomic E-state index is 13.5. The summed E-state index contributed by atoms with van der Waals surface area (Å²) in [5, 5.41) is 13.4. The first-order valence-electron chi connectivity index (χ1n) is 6.14. The van der Waals surface area contributed by atoms with E-state index in [9.17, 15) is 13.9 Å². The number of nitrogens with zero attached hydrogens (tertiary/aromatic N) is 2. The molecule has 4 nitrogen and oxygen atoms in total. The van der Waals surface area contributed by atoms with Crippen LogP contribution in [0, 0.1) is 18.6 Å². The van der Waals surface area contributed by atoms with Crippen LogP contribution in [-0.4, -0.2) is 15.2 Å². The fourth-order valence-corrected chi connectivity index (χ4v) is 1.86. The van der Waals surface area contributed by atoms with Crippen LogP contribution in [0.4, 0.5) is 8.78 Å². The summed E-state index contributed by atoms with van der Waals surface area (Å²) in [7, 11) is 0. The van der Waals surface area contributed by atoms with E-state index in [1.165, 1.54) is 12.1 Å². The molecule has 1 aromatic heterocycles. The first kappa shape index (κ1) is 13.2. The van der Waals surface area contributed by atoms with Gasteiger partial charge in [-0.25, -0.2) is 8.78 Å². The van der Waals surface area contributed by atoms with Gasteiger partial charge in [-0.2, -0.15) is 4.98 Å². The molecule has 2 aromatic carbocycles. The maximum atomic E-state index is 13.5. The van der Waals surface area contributed by atoms with Crippen molar-refractivity contribution in [1.29, 1.82) is 0 Å². The van der Waals surface area contributed by atoms with E-state index in [1.807, 2.05) is 0 Å². The number of benzene rings is 2. The molecule has 0 aliphatic rings. The Labute approximate surface area is 118 Å². The van der Waals surface area contributed by atoms with E-state index in [0.29, 0.717) is 11.1 Å². The van der Waals surface area contributed by atoms with Gasteiger partial charge in [0.1, 0.15) is 17.4 Å². The molecule has 1 heterocycles. The number of aryl methyl sites for hydroxylation is 1. The Morgan fingerprint density at radius 3 is 2.67 bits per heavy atom. The Morgan fingerprint density at radius 1 is 1.10 bits per heavy atom. The Balaban J connectivity index is 2.03. The van der Waals surface area contributed by atoms with Crippen LogP contribution < -0.4 is 0 Å². The van der Waals surface area contributed by atoms with Crippen LogP contribution in [-0.2, 0) is 0 Å². The third kappa shape index (κ3) is 2.47. The van der Waals surface area contributed by atoms with Crippen molar-refractivity contribution >= 4 is 0 Å². The summed E-state index contributed by atoms with van der Waals surface area (Å²) in [6.45, 7) is 1.64. The molecule has 6 heteroatoms. The van der Waals surface area contributed by atoms with Gasteiger partial charge in [0.05, 0.1) is 5.56 Å². The highest BCUT2D eigenvalue weighted by molar-refractivity contribution is 5.65. The van der Waals surface area contributed by atoms with E-state index < -0.39 is 5.82 Å². The van der Waals surface area contributed by atoms with Crippen LogP contribution in [0.25, 0.3) is 22.8 Å². The van der Waals surface area contributed by atoms with Crippen LogP contribution in [0.3, 0.4) is 0 Å². The van der Waals surface area contributed by atoms with Gasteiger partial charge < -0.3 is 9.63 Å². The van der Waals surface area contributed by atoms with Crippen molar-refractivity contribution in [3.05, 3.63) is 53.6 Å². The molecular weight excluding hydrogens is 278 g/mol. The minimum atomic E-state index is -0.538. The standard InChI is InChI=1S/C15H10F2N2O2/c1-8-2-3-9(6-12(8)17)14-18-15(21-19-14)11-7-10(16)4-5-13(11)20/h2-7,20H,1H3. The molecule has 21 heavy (non-hydrogen) atoms. The summed E-state index contributed by atoms with van der Waals surface area (Å²) in [5.74, 6) is -0.978. The molecule has 0 radical (unpaired) electrons. The Hall–Kier alpha value is -2.76. The molecule has 0 bridgehead atoms. The molecule has 0 fully saturated rings. The Bertz CT molecular complexity index is 815. The van der Waals surface area contributed by atoms with Crippen molar-refractivity contribution in [3.63, 3.8) is 0 Å². The zero-order valence-electron chi connectivity index (χ0n) is 11.0. The third-order valence-corrected chi connectivity index (χ3v) is 3.05.